The third kappa shape index (κ3) is 5.81. The molecule has 1 N–H and O–H groups in total. The molecule has 0 saturated carbocycles. The van der Waals surface area contributed by atoms with E-state index in [4.69, 9.17) is 9.47 Å². The molecule has 1 aromatic heterocycles. The number of ether oxygens (including phenoxy) is 2. The van der Waals surface area contributed by atoms with Gasteiger partial charge in [-0.25, -0.2) is 4.39 Å². The van der Waals surface area contributed by atoms with Gasteiger partial charge in [0.05, 0.1) is 12.8 Å². The first-order valence-electron chi connectivity index (χ1n) is 9.86. The molecule has 166 valence electrons. The van der Waals surface area contributed by atoms with Crippen molar-refractivity contribution in [2.75, 3.05) is 13.7 Å². The fourth-order valence-corrected chi connectivity index (χ4v) is 3.09. The second-order valence-corrected chi connectivity index (χ2v) is 6.85. The molecule has 0 aliphatic rings. The first kappa shape index (κ1) is 23.2. The third-order valence-electron chi connectivity index (χ3n) is 4.70. The molecule has 4 rings (SSSR count). The lowest BCUT2D eigenvalue weighted by atomic mass is 10.1. The van der Waals surface area contributed by atoms with E-state index in [1.165, 1.54) is 16.8 Å². The van der Waals surface area contributed by atoms with Crippen LogP contribution < -0.4 is 14.8 Å². The first-order chi connectivity index (χ1) is 15.2. The minimum Gasteiger partial charge on any atom is -0.493 e. The van der Waals surface area contributed by atoms with Crippen molar-refractivity contribution >= 4 is 12.4 Å². The standard InChI is InChI=1S/C23H22FN5O2.ClH/c1-30-22-15-18(16-25-14-13-17-7-10-19(24)11-8-17)9-12-21(22)31-23-26-27-28-29(23)20-5-3-2-4-6-20;/h2-12,15,25H,13-14,16H2,1H3;1H. The zero-order chi connectivity index (χ0) is 21.5. The highest BCUT2D eigenvalue weighted by Crippen LogP contribution is 2.32. The minimum atomic E-state index is -0.219. The summed E-state index contributed by atoms with van der Waals surface area (Å²) in [5.74, 6) is 0.883. The molecule has 0 fully saturated rings. The van der Waals surface area contributed by atoms with Crippen molar-refractivity contribution in [3.63, 3.8) is 0 Å². The van der Waals surface area contributed by atoms with E-state index >= 15 is 0 Å². The number of hydrogen-bond donors (Lipinski definition) is 1. The number of rotatable bonds is 9. The molecule has 0 aliphatic heterocycles. The number of nitrogens with zero attached hydrogens (tertiary/aromatic N) is 4. The van der Waals surface area contributed by atoms with Crippen LogP contribution in [0.5, 0.6) is 17.5 Å². The maximum atomic E-state index is 13.0. The molecule has 9 heteroatoms. The fourth-order valence-electron chi connectivity index (χ4n) is 3.09. The third-order valence-corrected chi connectivity index (χ3v) is 4.70. The molecular formula is C23H23ClFN5O2. The normalized spacial score (nSPS) is 10.4. The molecule has 0 amide bonds. The number of nitrogens with one attached hydrogen (secondary N) is 1. The summed E-state index contributed by atoms with van der Waals surface area (Å²) in [5.41, 5.74) is 2.93. The molecule has 4 aromatic rings. The molecule has 0 unspecified atom stereocenters. The summed E-state index contributed by atoms with van der Waals surface area (Å²) in [4.78, 5) is 0. The second-order valence-electron chi connectivity index (χ2n) is 6.85. The van der Waals surface area contributed by atoms with E-state index in [1.807, 2.05) is 48.5 Å². The van der Waals surface area contributed by atoms with Crippen molar-refractivity contribution in [3.8, 4) is 23.2 Å². The van der Waals surface area contributed by atoms with Crippen molar-refractivity contribution < 1.29 is 13.9 Å². The predicted molar refractivity (Wildman–Crippen MR) is 121 cm³/mol. The van der Waals surface area contributed by atoms with Crippen molar-refractivity contribution in [3.05, 3.63) is 89.7 Å². The summed E-state index contributed by atoms with van der Waals surface area (Å²) < 4.78 is 25.9. The Morgan fingerprint density at radius 3 is 2.44 bits per heavy atom. The van der Waals surface area contributed by atoms with Crippen molar-refractivity contribution in [2.24, 2.45) is 0 Å². The Labute approximate surface area is 191 Å². The topological polar surface area (TPSA) is 74.1 Å². The van der Waals surface area contributed by atoms with Crippen LogP contribution in [0.15, 0.2) is 72.8 Å². The van der Waals surface area contributed by atoms with Crippen molar-refractivity contribution in [1.82, 2.24) is 25.5 Å². The lowest BCUT2D eigenvalue weighted by Crippen LogP contribution is -2.16. The van der Waals surface area contributed by atoms with Gasteiger partial charge in [0.2, 0.25) is 0 Å². The predicted octanol–water partition coefficient (Wildman–Crippen LogP) is 4.36. The Morgan fingerprint density at radius 1 is 0.938 bits per heavy atom. The van der Waals surface area contributed by atoms with E-state index in [0.29, 0.717) is 18.0 Å². The van der Waals surface area contributed by atoms with Gasteiger partial charge in [-0.3, -0.25) is 0 Å². The van der Waals surface area contributed by atoms with Crippen LogP contribution >= 0.6 is 12.4 Å². The van der Waals surface area contributed by atoms with Gasteiger partial charge in [-0.1, -0.05) is 41.5 Å². The maximum Gasteiger partial charge on any atom is 0.346 e. The summed E-state index contributed by atoms with van der Waals surface area (Å²) in [6, 6.07) is 22.0. The maximum absolute atomic E-state index is 13.0. The van der Waals surface area contributed by atoms with Gasteiger partial charge in [0.1, 0.15) is 5.82 Å². The van der Waals surface area contributed by atoms with Crippen LogP contribution in [0, 0.1) is 5.82 Å². The number of aromatic nitrogens is 4. The van der Waals surface area contributed by atoms with Gasteiger partial charge in [0.15, 0.2) is 11.5 Å². The zero-order valence-corrected chi connectivity index (χ0v) is 18.3. The highest BCUT2D eigenvalue weighted by molar-refractivity contribution is 5.85. The molecule has 0 radical (unpaired) electrons. The number of para-hydroxylation sites is 1. The first-order valence-corrected chi connectivity index (χ1v) is 9.86. The van der Waals surface area contributed by atoms with Crippen LogP contribution in [0.1, 0.15) is 11.1 Å². The van der Waals surface area contributed by atoms with Crippen LogP contribution in [0.25, 0.3) is 5.69 Å². The van der Waals surface area contributed by atoms with Crippen LogP contribution in [-0.4, -0.2) is 33.9 Å². The van der Waals surface area contributed by atoms with Gasteiger partial charge in [-0.2, -0.15) is 4.68 Å². The molecule has 1 heterocycles. The summed E-state index contributed by atoms with van der Waals surface area (Å²) >= 11 is 0. The largest absolute Gasteiger partial charge is 0.493 e. The lowest BCUT2D eigenvalue weighted by Gasteiger charge is -2.12. The van der Waals surface area contributed by atoms with Gasteiger partial charge >= 0.3 is 6.01 Å². The average molecular weight is 456 g/mol. The molecule has 32 heavy (non-hydrogen) atoms. The van der Waals surface area contributed by atoms with Gasteiger partial charge < -0.3 is 14.8 Å². The monoisotopic (exact) mass is 455 g/mol. The average Bonchev–Trinajstić information content (AvgIpc) is 3.27. The molecular weight excluding hydrogens is 433 g/mol. The zero-order valence-electron chi connectivity index (χ0n) is 17.4. The van der Waals surface area contributed by atoms with Crippen LogP contribution in [0.2, 0.25) is 0 Å². The van der Waals surface area contributed by atoms with E-state index in [-0.39, 0.29) is 24.2 Å². The summed E-state index contributed by atoms with van der Waals surface area (Å²) in [6.45, 7) is 1.44. The summed E-state index contributed by atoms with van der Waals surface area (Å²) in [7, 11) is 1.59. The summed E-state index contributed by atoms with van der Waals surface area (Å²) in [5, 5.41) is 15.1. The Morgan fingerprint density at radius 2 is 1.69 bits per heavy atom. The molecule has 0 spiro atoms. The lowest BCUT2D eigenvalue weighted by molar-refractivity contribution is 0.362. The molecule has 0 bridgehead atoms. The fraction of sp³-hybridized carbons (Fsp3) is 0.174. The van der Waals surface area contributed by atoms with E-state index in [0.717, 1.165) is 29.8 Å². The van der Waals surface area contributed by atoms with Crippen LogP contribution in [0.4, 0.5) is 4.39 Å². The van der Waals surface area contributed by atoms with Gasteiger partial charge in [0, 0.05) is 6.54 Å². The number of halogens is 2. The smallest absolute Gasteiger partial charge is 0.346 e. The molecule has 7 nitrogen and oxygen atoms in total. The SMILES string of the molecule is COc1cc(CNCCc2ccc(F)cc2)ccc1Oc1nnnn1-c1ccccc1.Cl. The number of benzene rings is 3. The quantitative estimate of drug-likeness (QED) is 0.378. The van der Waals surface area contributed by atoms with E-state index in [2.05, 4.69) is 20.8 Å². The Balaban J connectivity index is 0.00000289. The van der Waals surface area contributed by atoms with Gasteiger partial charge in [-0.15, -0.1) is 12.4 Å². The van der Waals surface area contributed by atoms with Crippen molar-refractivity contribution in [1.29, 1.82) is 0 Å². The van der Waals surface area contributed by atoms with E-state index < -0.39 is 0 Å². The van der Waals surface area contributed by atoms with E-state index in [1.54, 1.807) is 19.2 Å². The van der Waals surface area contributed by atoms with Crippen molar-refractivity contribution in [2.45, 2.75) is 13.0 Å². The Kier molecular flexibility index (Phi) is 8.13. The minimum absolute atomic E-state index is 0. The molecule has 0 saturated heterocycles. The number of tetrazole rings is 1. The summed E-state index contributed by atoms with van der Waals surface area (Å²) in [6.07, 6.45) is 0.820. The number of methoxy groups -OCH3 is 1. The second kappa shape index (κ2) is 11.2. The molecule has 0 atom stereocenters. The van der Waals surface area contributed by atoms with Crippen LogP contribution in [0.3, 0.4) is 0 Å². The Hall–Kier alpha value is -3.49. The Bertz CT molecular complexity index is 1120. The molecule has 0 aliphatic carbocycles. The highest BCUT2D eigenvalue weighted by Gasteiger charge is 2.14. The van der Waals surface area contributed by atoms with Gasteiger partial charge in [0.25, 0.3) is 0 Å². The molecule has 3 aromatic carbocycles. The van der Waals surface area contributed by atoms with E-state index in [9.17, 15) is 4.39 Å². The highest BCUT2D eigenvalue weighted by atomic mass is 35.5. The van der Waals surface area contributed by atoms with Crippen LogP contribution in [-0.2, 0) is 13.0 Å². The van der Waals surface area contributed by atoms with Gasteiger partial charge in [-0.05, 0) is 70.9 Å². The number of hydrogen-bond acceptors (Lipinski definition) is 6.